The molecule has 0 N–H and O–H groups in total. The van der Waals surface area contributed by atoms with E-state index in [0.717, 1.165) is 11.3 Å². The maximum Gasteiger partial charge on any atom is 0.419 e. The highest BCUT2D eigenvalue weighted by Crippen LogP contribution is 2.15. The Morgan fingerprint density at radius 2 is 1.23 bits per heavy atom. The lowest BCUT2D eigenvalue weighted by atomic mass is 10.1. The van der Waals surface area contributed by atoms with E-state index in [4.69, 9.17) is 23.7 Å². The van der Waals surface area contributed by atoms with Gasteiger partial charge in [0.15, 0.2) is 5.78 Å². The van der Waals surface area contributed by atoms with Crippen LogP contribution in [0.4, 0.5) is 9.59 Å². The highest BCUT2D eigenvalue weighted by atomic mass is 16.6. The Kier molecular flexibility index (Phi) is 12.7. The third-order valence-corrected chi connectivity index (χ3v) is 4.21. The Balaban J connectivity index is 2.30. The number of hydrogen-bond acceptors (Lipinski definition) is 8. The molecule has 0 saturated carbocycles. The predicted octanol–water partition coefficient (Wildman–Crippen LogP) is 5.25. The number of rotatable bonds is 13. The molecule has 35 heavy (non-hydrogen) atoms. The van der Waals surface area contributed by atoms with E-state index < -0.39 is 23.4 Å². The second-order valence-corrected chi connectivity index (χ2v) is 9.88. The van der Waals surface area contributed by atoms with Crippen LogP contribution in [0.15, 0.2) is 24.3 Å². The standard InChI is InChI=1S/C26H41NO8/c1-8-9-22(28)20-10-12-21(13-11-20)33-19-18-32-17-16-31-15-14-27(23(29)34-25(2,3)4)24(30)35-26(5,6)7/h10-13H,8-9,14-19H2,1-7H3. The minimum atomic E-state index is -0.786. The van der Waals surface area contributed by atoms with E-state index in [0.29, 0.717) is 37.6 Å². The van der Waals surface area contributed by atoms with Crippen molar-refractivity contribution in [1.29, 1.82) is 0 Å². The summed E-state index contributed by atoms with van der Waals surface area (Å²) in [6.07, 6.45) is -0.210. The van der Waals surface area contributed by atoms with Gasteiger partial charge in [0.05, 0.1) is 33.0 Å². The van der Waals surface area contributed by atoms with E-state index in [1.807, 2.05) is 6.92 Å². The molecule has 0 fully saturated rings. The summed E-state index contributed by atoms with van der Waals surface area (Å²) in [5.74, 6) is 0.796. The molecule has 0 unspecified atom stereocenters. The second kappa shape index (κ2) is 14.7. The summed E-state index contributed by atoms with van der Waals surface area (Å²) in [6, 6.07) is 7.07. The van der Waals surface area contributed by atoms with Crippen molar-refractivity contribution in [3.05, 3.63) is 29.8 Å². The molecule has 0 spiro atoms. The first-order valence-corrected chi connectivity index (χ1v) is 12.0. The lowest BCUT2D eigenvalue weighted by molar-refractivity contribution is -0.00879. The van der Waals surface area contributed by atoms with Gasteiger partial charge in [-0.3, -0.25) is 4.79 Å². The molecule has 0 atom stereocenters. The quantitative estimate of drug-likeness (QED) is 0.270. The number of ketones is 1. The molecule has 0 heterocycles. The van der Waals surface area contributed by atoms with Crippen LogP contribution >= 0.6 is 0 Å². The van der Waals surface area contributed by atoms with Crippen molar-refractivity contribution in [2.45, 2.75) is 72.5 Å². The maximum atomic E-state index is 12.4. The molecule has 2 amide bonds. The van der Waals surface area contributed by atoms with Crippen LogP contribution in [0.3, 0.4) is 0 Å². The van der Waals surface area contributed by atoms with Crippen LogP contribution in [-0.2, 0) is 18.9 Å². The first-order valence-electron chi connectivity index (χ1n) is 12.0. The Hall–Kier alpha value is -2.65. The molecule has 9 nitrogen and oxygen atoms in total. The van der Waals surface area contributed by atoms with Gasteiger partial charge in [-0.15, -0.1) is 0 Å². The normalized spacial score (nSPS) is 11.6. The minimum absolute atomic E-state index is 0.0102. The summed E-state index contributed by atoms with van der Waals surface area (Å²) < 4.78 is 27.2. The van der Waals surface area contributed by atoms with Crippen molar-refractivity contribution in [3.8, 4) is 5.75 Å². The molecule has 0 aromatic heterocycles. The van der Waals surface area contributed by atoms with Crippen molar-refractivity contribution in [3.63, 3.8) is 0 Å². The molecule has 0 aliphatic rings. The maximum absolute atomic E-state index is 12.4. The van der Waals surface area contributed by atoms with Crippen molar-refractivity contribution in [1.82, 2.24) is 4.90 Å². The fourth-order valence-corrected chi connectivity index (χ4v) is 2.70. The molecule has 0 aliphatic carbocycles. The molecule has 9 heteroatoms. The van der Waals surface area contributed by atoms with E-state index in [2.05, 4.69) is 0 Å². The minimum Gasteiger partial charge on any atom is -0.491 e. The second-order valence-electron chi connectivity index (χ2n) is 9.88. The summed E-state index contributed by atoms with van der Waals surface area (Å²) in [7, 11) is 0. The number of amides is 2. The molecular weight excluding hydrogens is 454 g/mol. The fraction of sp³-hybridized carbons (Fsp3) is 0.654. The third-order valence-electron chi connectivity index (χ3n) is 4.21. The van der Waals surface area contributed by atoms with Crippen LogP contribution in [0.1, 0.15) is 71.7 Å². The van der Waals surface area contributed by atoms with E-state index in [1.54, 1.807) is 65.8 Å². The van der Waals surface area contributed by atoms with E-state index in [1.165, 1.54) is 0 Å². The van der Waals surface area contributed by atoms with Crippen molar-refractivity contribution >= 4 is 18.0 Å². The van der Waals surface area contributed by atoms with Crippen LogP contribution < -0.4 is 4.74 Å². The van der Waals surface area contributed by atoms with E-state index in [9.17, 15) is 14.4 Å². The molecule has 0 radical (unpaired) electrons. The fourth-order valence-electron chi connectivity index (χ4n) is 2.70. The van der Waals surface area contributed by atoms with Gasteiger partial charge in [0.2, 0.25) is 0 Å². The zero-order valence-electron chi connectivity index (χ0n) is 22.2. The van der Waals surface area contributed by atoms with Crippen LogP contribution in [-0.4, -0.2) is 73.7 Å². The first-order chi connectivity index (χ1) is 16.3. The van der Waals surface area contributed by atoms with E-state index in [-0.39, 0.29) is 25.5 Å². The zero-order valence-corrected chi connectivity index (χ0v) is 22.2. The molecule has 0 bridgehead atoms. The zero-order chi connectivity index (χ0) is 26.5. The Bertz CT molecular complexity index is 765. The van der Waals surface area contributed by atoms with Gasteiger partial charge in [-0.1, -0.05) is 6.92 Å². The topological polar surface area (TPSA) is 101 Å². The highest BCUT2D eigenvalue weighted by molar-refractivity contribution is 5.96. The van der Waals surface area contributed by atoms with Gasteiger partial charge >= 0.3 is 12.2 Å². The average Bonchev–Trinajstić information content (AvgIpc) is 2.73. The molecule has 1 rings (SSSR count). The first kappa shape index (κ1) is 30.4. The Morgan fingerprint density at radius 1 is 0.743 bits per heavy atom. The largest absolute Gasteiger partial charge is 0.491 e. The van der Waals surface area contributed by atoms with Gasteiger partial charge in [-0.05, 0) is 72.2 Å². The van der Waals surface area contributed by atoms with Crippen LogP contribution in [0.25, 0.3) is 0 Å². The Labute approximate surface area is 209 Å². The lowest BCUT2D eigenvalue weighted by Gasteiger charge is -2.28. The van der Waals surface area contributed by atoms with Crippen molar-refractivity contribution in [2.24, 2.45) is 0 Å². The lowest BCUT2D eigenvalue weighted by Crippen LogP contribution is -2.45. The number of benzene rings is 1. The van der Waals surface area contributed by atoms with Crippen LogP contribution in [0.2, 0.25) is 0 Å². The SMILES string of the molecule is CCCC(=O)c1ccc(OCCOCCOCCN(C(=O)OC(C)(C)C)C(=O)OC(C)(C)C)cc1. The molecule has 0 saturated heterocycles. The number of nitrogens with zero attached hydrogens (tertiary/aromatic N) is 1. The summed E-state index contributed by atoms with van der Waals surface area (Å²) in [5.41, 5.74) is -0.810. The van der Waals surface area contributed by atoms with Crippen LogP contribution in [0, 0.1) is 0 Å². The molecule has 198 valence electrons. The van der Waals surface area contributed by atoms with Gasteiger partial charge in [0.1, 0.15) is 23.6 Å². The van der Waals surface area contributed by atoms with Gasteiger partial charge < -0.3 is 23.7 Å². The molecule has 0 aliphatic heterocycles. The number of carbonyl (C=O) groups excluding carboxylic acids is 3. The smallest absolute Gasteiger partial charge is 0.419 e. The highest BCUT2D eigenvalue weighted by Gasteiger charge is 2.30. The number of carbonyl (C=O) groups is 3. The molecule has 1 aromatic rings. The van der Waals surface area contributed by atoms with Gasteiger partial charge in [0, 0.05) is 12.0 Å². The van der Waals surface area contributed by atoms with Crippen molar-refractivity contribution < 1.29 is 38.1 Å². The van der Waals surface area contributed by atoms with Gasteiger partial charge in [-0.25, -0.2) is 14.5 Å². The van der Waals surface area contributed by atoms with Gasteiger partial charge in [-0.2, -0.15) is 0 Å². The predicted molar refractivity (Wildman–Crippen MR) is 132 cm³/mol. The summed E-state index contributed by atoms with van der Waals surface area (Å²) >= 11 is 0. The summed E-state index contributed by atoms with van der Waals surface area (Å²) in [6.45, 7) is 13.7. The number of ether oxygens (including phenoxy) is 5. The number of hydrogen-bond donors (Lipinski definition) is 0. The summed E-state index contributed by atoms with van der Waals surface area (Å²) in [5, 5.41) is 0. The molecular formula is C26H41NO8. The van der Waals surface area contributed by atoms with Crippen molar-refractivity contribution in [2.75, 3.05) is 39.6 Å². The summed E-state index contributed by atoms with van der Waals surface area (Å²) in [4.78, 5) is 37.6. The average molecular weight is 496 g/mol. The van der Waals surface area contributed by atoms with Crippen LogP contribution in [0.5, 0.6) is 5.75 Å². The third kappa shape index (κ3) is 13.7. The Morgan fingerprint density at radius 3 is 1.71 bits per heavy atom. The van der Waals surface area contributed by atoms with Gasteiger partial charge in [0.25, 0.3) is 0 Å². The number of imide groups is 1. The molecule has 1 aromatic carbocycles. The number of Topliss-reactive ketones (excluding diaryl/α,β-unsaturated/α-hetero) is 1. The monoisotopic (exact) mass is 495 g/mol. The van der Waals surface area contributed by atoms with E-state index >= 15 is 0 Å².